The van der Waals surface area contributed by atoms with Crippen molar-refractivity contribution < 1.29 is 9.59 Å². The van der Waals surface area contributed by atoms with Crippen LogP contribution >= 0.6 is 11.6 Å². The molecule has 0 aromatic heterocycles. The minimum atomic E-state index is -0.158. The van der Waals surface area contributed by atoms with E-state index in [-0.39, 0.29) is 18.4 Å². The standard InChI is InChI=1S/C13H17ClN4O2/c1-17-6-7-18(13(17)20)5-4-12(19)16-9-2-3-10(14)11(15)8-9/h2-3,8H,4-7,15H2,1H3,(H,16,19). The predicted octanol–water partition coefficient (Wildman–Crippen LogP) is 1.62. The van der Waals surface area contributed by atoms with Gasteiger partial charge in [-0.25, -0.2) is 4.79 Å². The number of nitrogens with two attached hydrogens (primary N) is 1. The summed E-state index contributed by atoms with van der Waals surface area (Å²) in [4.78, 5) is 26.8. The number of amides is 3. The van der Waals surface area contributed by atoms with Crippen LogP contribution in [-0.2, 0) is 4.79 Å². The van der Waals surface area contributed by atoms with Gasteiger partial charge in [0.2, 0.25) is 5.91 Å². The molecule has 1 aliphatic rings. The summed E-state index contributed by atoms with van der Waals surface area (Å²) in [6.45, 7) is 1.78. The zero-order chi connectivity index (χ0) is 14.7. The molecule has 0 radical (unpaired) electrons. The number of hydrogen-bond donors (Lipinski definition) is 2. The fourth-order valence-corrected chi connectivity index (χ4v) is 2.11. The summed E-state index contributed by atoms with van der Waals surface area (Å²) in [5.41, 5.74) is 6.68. The first-order valence-electron chi connectivity index (χ1n) is 6.32. The van der Waals surface area contributed by atoms with Crippen LogP contribution in [0.15, 0.2) is 18.2 Å². The van der Waals surface area contributed by atoms with Gasteiger partial charge in [0.15, 0.2) is 0 Å². The molecule has 1 aromatic rings. The van der Waals surface area contributed by atoms with Gasteiger partial charge >= 0.3 is 6.03 Å². The summed E-state index contributed by atoms with van der Waals surface area (Å²) in [5.74, 6) is -0.158. The second-order valence-electron chi connectivity index (χ2n) is 4.73. The van der Waals surface area contributed by atoms with Crippen molar-refractivity contribution in [1.29, 1.82) is 0 Å². The van der Waals surface area contributed by atoms with Crippen LogP contribution in [0.3, 0.4) is 0 Å². The van der Waals surface area contributed by atoms with Gasteiger partial charge in [0, 0.05) is 38.8 Å². The lowest BCUT2D eigenvalue weighted by Gasteiger charge is -2.15. The van der Waals surface area contributed by atoms with Crippen LogP contribution in [0.25, 0.3) is 0 Å². The Morgan fingerprint density at radius 1 is 1.45 bits per heavy atom. The molecule has 1 saturated heterocycles. The Kier molecular flexibility index (Phi) is 4.34. The molecule has 0 unspecified atom stereocenters. The number of nitrogen functional groups attached to an aromatic ring is 1. The van der Waals surface area contributed by atoms with Crippen LogP contribution in [0.4, 0.5) is 16.2 Å². The number of nitrogens with zero attached hydrogens (tertiary/aromatic N) is 2. The molecule has 1 aliphatic heterocycles. The highest BCUT2D eigenvalue weighted by Gasteiger charge is 2.25. The molecule has 1 aromatic carbocycles. The second kappa shape index (κ2) is 6.00. The highest BCUT2D eigenvalue weighted by atomic mass is 35.5. The van der Waals surface area contributed by atoms with E-state index in [1.807, 2.05) is 0 Å². The Morgan fingerprint density at radius 3 is 2.80 bits per heavy atom. The third kappa shape index (κ3) is 3.33. The Morgan fingerprint density at radius 2 is 2.20 bits per heavy atom. The number of anilines is 2. The zero-order valence-corrected chi connectivity index (χ0v) is 12.0. The molecule has 0 saturated carbocycles. The van der Waals surface area contributed by atoms with Gasteiger partial charge in [-0.15, -0.1) is 0 Å². The summed E-state index contributed by atoms with van der Waals surface area (Å²) in [6.07, 6.45) is 0.252. The molecule has 0 aliphatic carbocycles. The third-order valence-electron chi connectivity index (χ3n) is 3.19. The van der Waals surface area contributed by atoms with Gasteiger partial charge in [0.25, 0.3) is 0 Å². The number of hydrogen-bond acceptors (Lipinski definition) is 3. The second-order valence-corrected chi connectivity index (χ2v) is 5.13. The average Bonchev–Trinajstić information content (AvgIpc) is 2.72. The molecule has 1 heterocycles. The molecule has 1 fully saturated rings. The summed E-state index contributed by atoms with van der Waals surface area (Å²) in [5, 5.41) is 3.18. The average molecular weight is 297 g/mol. The van der Waals surface area contributed by atoms with E-state index < -0.39 is 0 Å². The van der Waals surface area contributed by atoms with Crippen molar-refractivity contribution in [1.82, 2.24) is 9.80 Å². The maximum absolute atomic E-state index is 11.8. The van der Waals surface area contributed by atoms with Crippen molar-refractivity contribution in [2.75, 3.05) is 37.7 Å². The van der Waals surface area contributed by atoms with Crippen molar-refractivity contribution in [3.8, 4) is 0 Å². The van der Waals surface area contributed by atoms with E-state index in [4.69, 9.17) is 17.3 Å². The number of carbonyl (C=O) groups excluding carboxylic acids is 2. The lowest BCUT2D eigenvalue weighted by Crippen LogP contribution is -2.32. The summed E-state index contributed by atoms with van der Waals surface area (Å²) in [6, 6.07) is 4.89. The number of carbonyl (C=O) groups is 2. The van der Waals surface area contributed by atoms with E-state index in [1.54, 1.807) is 35.0 Å². The molecule has 0 atom stereocenters. The van der Waals surface area contributed by atoms with E-state index in [9.17, 15) is 9.59 Å². The number of benzene rings is 1. The van der Waals surface area contributed by atoms with Crippen molar-refractivity contribution in [2.24, 2.45) is 0 Å². The maximum atomic E-state index is 11.8. The Labute approximate surface area is 122 Å². The van der Waals surface area contributed by atoms with Gasteiger partial charge < -0.3 is 20.9 Å². The first kappa shape index (κ1) is 14.5. The van der Waals surface area contributed by atoms with Crippen LogP contribution in [-0.4, -0.2) is 48.4 Å². The van der Waals surface area contributed by atoms with E-state index in [1.165, 1.54) is 0 Å². The Balaban J connectivity index is 1.83. The monoisotopic (exact) mass is 296 g/mol. The molecule has 6 nitrogen and oxygen atoms in total. The number of halogens is 1. The minimum Gasteiger partial charge on any atom is -0.397 e. The summed E-state index contributed by atoms with van der Waals surface area (Å²) >= 11 is 5.81. The van der Waals surface area contributed by atoms with Crippen molar-refractivity contribution in [2.45, 2.75) is 6.42 Å². The van der Waals surface area contributed by atoms with Gasteiger partial charge in [-0.05, 0) is 18.2 Å². The summed E-state index contributed by atoms with van der Waals surface area (Å²) < 4.78 is 0. The van der Waals surface area contributed by atoms with E-state index in [0.29, 0.717) is 36.0 Å². The molecule has 0 spiro atoms. The van der Waals surface area contributed by atoms with Gasteiger partial charge in [0.05, 0.1) is 10.7 Å². The molecule has 3 N–H and O–H groups in total. The lowest BCUT2D eigenvalue weighted by atomic mass is 10.2. The zero-order valence-electron chi connectivity index (χ0n) is 11.2. The number of urea groups is 1. The van der Waals surface area contributed by atoms with Gasteiger partial charge in [-0.3, -0.25) is 4.79 Å². The van der Waals surface area contributed by atoms with E-state index in [2.05, 4.69) is 5.32 Å². The van der Waals surface area contributed by atoms with Crippen LogP contribution in [0.5, 0.6) is 0 Å². The molecular weight excluding hydrogens is 280 g/mol. The minimum absolute atomic E-state index is 0.0338. The highest BCUT2D eigenvalue weighted by Crippen LogP contribution is 2.22. The molecule has 2 rings (SSSR count). The van der Waals surface area contributed by atoms with Crippen LogP contribution < -0.4 is 11.1 Å². The van der Waals surface area contributed by atoms with Crippen LogP contribution in [0.2, 0.25) is 5.02 Å². The van der Waals surface area contributed by atoms with Gasteiger partial charge in [-0.2, -0.15) is 0 Å². The molecule has 108 valence electrons. The molecule has 3 amide bonds. The van der Waals surface area contributed by atoms with Gasteiger partial charge in [0.1, 0.15) is 0 Å². The normalized spacial score (nSPS) is 14.8. The van der Waals surface area contributed by atoms with Gasteiger partial charge in [-0.1, -0.05) is 11.6 Å². The van der Waals surface area contributed by atoms with Crippen molar-refractivity contribution in [3.05, 3.63) is 23.2 Å². The Bertz CT molecular complexity index is 535. The number of likely N-dealkylation sites (N-methyl/N-ethyl adjacent to an activating group) is 1. The Hall–Kier alpha value is -1.95. The topological polar surface area (TPSA) is 78.7 Å². The lowest BCUT2D eigenvalue weighted by molar-refractivity contribution is -0.116. The highest BCUT2D eigenvalue weighted by molar-refractivity contribution is 6.33. The summed E-state index contributed by atoms with van der Waals surface area (Å²) in [7, 11) is 1.75. The van der Waals surface area contributed by atoms with E-state index >= 15 is 0 Å². The van der Waals surface area contributed by atoms with Crippen molar-refractivity contribution >= 4 is 34.9 Å². The predicted molar refractivity (Wildman–Crippen MR) is 78.7 cm³/mol. The largest absolute Gasteiger partial charge is 0.397 e. The third-order valence-corrected chi connectivity index (χ3v) is 3.54. The first-order valence-corrected chi connectivity index (χ1v) is 6.70. The molecule has 7 heteroatoms. The fourth-order valence-electron chi connectivity index (χ4n) is 1.99. The SMILES string of the molecule is CN1CCN(CCC(=O)Nc2ccc(Cl)c(N)c2)C1=O. The quantitative estimate of drug-likeness (QED) is 0.829. The molecule has 0 bridgehead atoms. The fraction of sp³-hybridized carbons (Fsp3) is 0.385. The van der Waals surface area contributed by atoms with E-state index in [0.717, 1.165) is 0 Å². The molecule has 20 heavy (non-hydrogen) atoms. The first-order chi connectivity index (χ1) is 9.47. The number of rotatable bonds is 4. The molecular formula is C13H17ClN4O2. The van der Waals surface area contributed by atoms with Crippen LogP contribution in [0, 0.1) is 0 Å². The smallest absolute Gasteiger partial charge is 0.319 e. The number of nitrogens with one attached hydrogen (secondary N) is 1. The maximum Gasteiger partial charge on any atom is 0.319 e. The van der Waals surface area contributed by atoms with Crippen LogP contribution in [0.1, 0.15) is 6.42 Å². The van der Waals surface area contributed by atoms with Crippen molar-refractivity contribution in [3.63, 3.8) is 0 Å².